The molecule has 0 radical (unpaired) electrons. The van der Waals surface area contributed by atoms with Crippen molar-refractivity contribution in [2.45, 2.75) is 37.4 Å². The van der Waals surface area contributed by atoms with Gasteiger partial charge < -0.3 is 18.8 Å². The third kappa shape index (κ3) is 2.68. The molecular weight excluding hydrogens is 423 g/mol. The van der Waals surface area contributed by atoms with Crippen molar-refractivity contribution in [3.8, 4) is 11.5 Å². The fourth-order valence-electron chi connectivity index (χ4n) is 5.51. The number of carbonyl (C=O) groups excluding carboxylic acids is 1. The van der Waals surface area contributed by atoms with E-state index in [1.807, 2.05) is 30.4 Å². The van der Waals surface area contributed by atoms with Crippen LogP contribution >= 0.6 is 0 Å². The third-order valence-electron chi connectivity index (χ3n) is 6.95. The number of hydrogen-bond acceptors (Lipinski definition) is 4. The molecule has 2 unspecified atom stereocenters. The molecule has 8 heteroatoms. The van der Waals surface area contributed by atoms with Crippen molar-refractivity contribution >= 4 is 5.91 Å². The number of nitrogens with zero attached hydrogens (tertiary/aromatic N) is 1. The normalized spacial score (nSPS) is 25.8. The van der Waals surface area contributed by atoms with E-state index in [-0.39, 0.29) is 24.1 Å². The summed E-state index contributed by atoms with van der Waals surface area (Å²) in [6.45, 7) is 0.942. The summed E-state index contributed by atoms with van der Waals surface area (Å²) in [6, 6.07) is 6.10. The Kier molecular flexibility index (Phi) is 4.07. The molecule has 2 atom stereocenters. The Balaban J connectivity index is 1.43. The number of fused-ring (bicyclic) bond motifs is 5. The number of likely N-dealkylation sites (tertiary alicyclic amines) is 1. The van der Waals surface area contributed by atoms with E-state index in [1.54, 1.807) is 4.90 Å². The molecule has 3 aliphatic heterocycles. The molecule has 4 heterocycles. The number of carbonyl (C=O) groups is 1. The van der Waals surface area contributed by atoms with Gasteiger partial charge in [0.2, 0.25) is 11.7 Å². The molecule has 1 aliphatic carbocycles. The lowest BCUT2D eigenvalue weighted by Crippen LogP contribution is -2.44. The minimum atomic E-state index is -4.56. The fraction of sp³-hybridized carbons (Fsp3) is 0.375. The maximum absolute atomic E-state index is 14.0. The Morgan fingerprint density at radius 2 is 1.97 bits per heavy atom. The Hall–Kier alpha value is -3.16. The van der Waals surface area contributed by atoms with Gasteiger partial charge in [-0.05, 0) is 36.3 Å². The van der Waals surface area contributed by atoms with Gasteiger partial charge in [-0.15, -0.1) is 0 Å². The highest BCUT2D eigenvalue weighted by Crippen LogP contribution is 2.56. The molecular formula is C24H20F3NO4. The Bertz CT molecular complexity index is 1180. The molecule has 4 aliphatic rings. The van der Waals surface area contributed by atoms with E-state index in [4.69, 9.17) is 13.9 Å². The fourth-order valence-corrected chi connectivity index (χ4v) is 5.51. The number of halogens is 3. The molecule has 166 valence electrons. The summed E-state index contributed by atoms with van der Waals surface area (Å²) >= 11 is 0. The monoisotopic (exact) mass is 443 g/mol. The van der Waals surface area contributed by atoms with Crippen molar-refractivity contribution in [1.29, 1.82) is 0 Å². The second-order valence-electron chi connectivity index (χ2n) is 8.59. The third-order valence-corrected chi connectivity index (χ3v) is 6.95. The molecule has 1 fully saturated rings. The van der Waals surface area contributed by atoms with Crippen LogP contribution in [0.25, 0.3) is 0 Å². The molecule has 6 rings (SSSR count). The van der Waals surface area contributed by atoms with Crippen LogP contribution in [0.4, 0.5) is 13.2 Å². The SMILES string of the molecule is O=C1N(Cc2ccc(C(F)(F)F)o2)C2=CC=CCC2C12CCOc1cc3c(cc12)CCO3. The number of allylic oxidation sites excluding steroid dienone is 4. The second kappa shape index (κ2) is 6.67. The molecule has 32 heavy (non-hydrogen) atoms. The predicted octanol–water partition coefficient (Wildman–Crippen LogP) is 4.76. The summed E-state index contributed by atoms with van der Waals surface area (Å²) in [6.07, 6.45) is 3.21. The van der Waals surface area contributed by atoms with Crippen molar-refractivity contribution in [1.82, 2.24) is 4.90 Å². The average molecular weight is 443 g/mol. The molecule has 1 aromatic carbocycles. The van der Waals surface area contributed by atoms with E-state index in [9.17, 15) is 18.0 Å². The van der Waals surface area contributed by atoms with Crippen LogP contribution in [0.3, 0.4) is 0 Å². The van der Waals surface area contributed by atoms with Gasteiger partial charge in [0.1, 0.15) is 17.3 Å². The minimum absolute atomic E-state index is 0.0446. The van der Waals surface area contributed by atoms with Gasteiger partial charge in [-0.25, -0.2) is 0 Å². The van der Waals surface area contributed by atoms with Crippen LogP contribution in [0.2, 0.25) is 0 Å². The van der Waals surface area contributed by atoms with Crippen LogP contribution in [-0.4, -0.2) is 24.0 Å². The van der Waals surface area contributed by atoms with E-state index < -0.39 is 17.4 Å². The van der Waals surface area contributed by atoms with Crippen LogP contribution in [-0.2, 0) is 29.4 Å². The Labute approximate surface area is 182 Å². The quantitative estimate of drug-likeness (QED) is 0.672. The molecule has 0 bridgehead atoms. The van der Waals surface area contributed by atoms with Gasteiger partial charge in [-0.2, -0.15) is 13.2 Å². The maximum Gasteiger partial charge on any atom is 0.449 e. The van der Waals surface area contributed by atoms with Gasteiger partial charge in [0.05, 0.1) is 25.2 Å². The summed E-state index contributed by atoms with van der Waals surface area (Å²) in [5.74, 6) is 0.253. The number of rotatable bonds is 2. The van der Waals surface area contributed by atoms with Crippen molar-refractivity contribution in [3.63, 3.8) is 0 Å². The second-order valence-corrected chi connectivity index (χ2v) is 8.59. The van der Waals surface area contributed by atoms with Crippen molar-refractivity contribution in [2.75, 3.05) is 13.2 Å². The number of ether oxygens (including phenoxy) is 2. The molecule has 1 spiro atoms. The molecule has 1 saturated heterocycles. The lowest BCUT2D eigenvalue weighted by Gasteiger charge is -2.38. The summed E-state index contributed by atoms with van der Waals surface area (Å²) in [4.78, 5) is 15.6. The summed E-state index contributed by atoms with van der Waals surface area (Å²) in [5, 5.41) is 0. The highest BCUT2D eigenvalue weighted by molar-refractivity contribution is 5.95. The van der Waals surface area contributed by atoms with Crippen LogP contribution in [0.5, 0.6) is 11.5 Å². The summed E-state index contributed by atoms with van der Waals surface area (Å²) < 4.78 is 55.6. The zero-order valence-corrected chi connectivity index (χ0v) is 17.1. The zero-order chi connectivity index (χ0) is 22.1. The molecule has 0 N–H and O–H groups in total. The van der Waals surface area contributed by atoms with Crippen molar-refractivity contribution < 1.29 is 31.9 Å². The number of hydrogen-bond donors (Lipinski definition) is 0. The van der Waals surface area contributed by atoms with Gasteiger partial charge >= 0.3 is 6.18 Å². The number of furan rings is 1. The van der Waals surface area contributed by atoms with E-state index in [0.717, 1.165) is 35.1 Å². The first-order valence-corrected chi connectivity index (χ1v) is 10.7. The first kappa shape index (κ1) is 19.5. The molecule has 5 nitrogen and oxygen atoms in total. The van der Waals surface area contributed by atoms with Gasteiger partial charge in [0, 0.05) is 36.1 Å². The number of alkyl halides is 3. The molecule has 1 aromatic heterocycles. The lowest BCUT2D eigenvalue weighted by atomic mass is 9.65. The summed E-state index contributed by atoms with van der Waals surface area (Å²) in [5.41, 5.74) is 1.90. The van der Waals surface area contributed by atoms with Crippen LogP contribution < -0.4 is 9.47 Å². The molecule has 2 aromatic rings. The number of benzene rings is 1. The van der Waals surface area contributed by atoms with E-state index in [2.05, 4.69) is 0 Å². The maximum atomic E-state index is 14.0. The highest BCUT2D eigenvalue weighted by atomic mass is 19.4. The van der Waals surface area contributed by atoms with Crippen molar-refractivity contribution in [3.05, 3.63) is 70.8 Å². The van der Waals surface area contributed by atoms with Gasteiger partial charge in [-0.3, -0.25) is 4.79 Å². The Morgan fingerprint density at radius 3 is 2.78 bits per heavy atom. The first-order chi connectivity index (χ1) is 15.4. The molecule has 1 amide bonds. The van der Waals surface area contributed by atoms with E-state index in [1.165, 1.54) is 6.07 Å². The van der Waals surface area contributed by atoms with Gasteiger partial charge in [0.25, 0.3) is 0 Å². The van der Waals surface area contributed by atoms with Crippen LogP contribution in [0.1, 0.15) is 35.5 Å². The van der Waals surface area contributed by atoms with Crippen LogP contribution in [0, 0.1) is 5.92 Å². The largest absolute Gasteiger partial charge is 0.493 e. The smallest absolute Gasteiger partial charge is 0.449 e. The average Bonchev–Trinajstić information content (AvgIpc) is 3.48. The topological polar surface area (TPSA) is 51.9 Å². The van der Waals surface area contributed by atoms with E-state index >= 15 is 0 Å². The minimum Gasteiger partial charge on any atom is -0.493 e. The standard InChI is InChI=1S/C24H20F3NO4/c25-24(26,27)21-6-5-15(32-21)13-28-18-4-2-1-3-16(18)23(22(28)29)8-10-31-20-12-19-14(7-9-30-19)11-17(20)23/h1-2,4-6,11-12,16H,3,7-10,13H2. The first-order valence-electron chi connectivity index (χ1n) is 10.7. The van der Waals surface area contributed by atoms with Crippen molar-refractivity contribution in [2.24, 2.45) is 5.92 Å². The van der Waals surface area contributed by atoms with E-state index in [0.29, 0.717) is 31.8 Å². The van der Waals surface area contributed by atoms with Crippen LogP contribution in [0.15, 0.2) is 52.6 Å². The molecule has 0 saturated carbocycles. The predicted molar refractivity (Wildman–Crippen MR) is 107 cm³/mol. The van der Waals surface area contributed by atoms with Gasteiger partial charge in [0.15, 0.2) is 0 Å². The number of amides is 1. The lowest BCUT2D eigenvalue weighted by molar-refractivity contribution is -0.153. The highest BCUT2D eigenvalue weighted by Gasteiger charge is 2.59. The summed E-state index contributed by atoms with van der Waals surface area (Å²) in [7, 11) is 0. The zero-order valence-electron chi connectivity index (χ0n) is 17.1. The van der Waals surface area contributed by atoms with Gasteiger partial charge in [-0.1, -0.05) is 12.2 Å². The Morgan fingerprint density at radius 1 is 1.12 bits per heavy atom.